The molecule has 2 heterocycles. The molecule has 2 aromatic carbocycles. The minimum absolute atomic E-state index is 0.0289. The molecule has 0 saturated carbocycles. The van der Waals surface area contributed by atoms with Crippen molar-refractivity contribution in [2.24, 2.45) is 5.92 Å². The molecule has 1 saturated heterocycles. The first-order chi connectivity index (χ1) is 17.8. The second kappa shape index (κ2) is 12.0. The number of phenolic OH excluding ortho intramolecular Hbond substituents is 1. The van der Waals surface area contributed by atoms with Crippen LogP contribution in [-0.2, 0) is 19.1 Å². The van der Waals surface area contributed by atoms with Crippen molar-refractivity contribution < 1.29 is 24.2 Å². The number of hydrogen-bond acceptors (Lipinski definition) is 6. The van der Waals surface area contributed by atoms with Crippen LogP contribution in [0.4, 0.5) is 0 Å². The molecule has 2 amide bonds. The van der Waals surface area contributed by atoms with E-state index in [1.54, 1.807) is 23.1 Å². The van der Waals surface area contributed by atoms with Crippen LogP contribution in [0, 0.1) is 5.92 Å². The summed E-state index contributed by atoms with van der Waals surface area (Å²) in [6.45, 7) is 0.861. The molecule has 1 fully saturated rings. The van der Waals surface area contributed by atoms with Gasteiger partial charge in [-0.3, -0.25) is 14.4 Å². The molecule has 1 atom stereocenters. The maximum Gasteiger partial charge on any atom is 0.307 e. The Bertz CT molecular complexity index is 1330. The number of carbonyl (C=O) groups is 3. The van der Waals surface area contributed by atoms with Crippen LogP contribution in [0.15, 0.2) is 47.9 Å². The number of ether oxygens (including phenoxy) is 1. The number of nitrogens with zero attached hydrogens (tertiary/aromatic N) is 1. The smallest absolute Gasteiger partial charge is 0.307 e. The third-order valence-electron chi connectivity index (χ3n) is 6.45. The van der Waals surface area contributed by atoms with Crippen LogP contribution < -0.4 is 5.32 Å². The lowest BCUT2D eigenvalue weighted by molar-refractivity contribution is -0.141. The topological polar surface area (TPSA) is 95.9 Å². The van der Waals surface area contributed by atoms with Crippen molar-refractivity contribution in [2.75, 3.05) is 20.2 Å². The SMILES string of the molecule is COC(=O)CC(NC(=O)C1CCN(C(=O)/C=C/c2cc3ccsc3c(Cl)c2Cl)CC1)c1ccc(O)cc1. The number of likely N-dealkylation sites (tertiary alicyclic amines) is 1. The van der Waals surface area contributed by atoms with Gasteiger partial charge >= 0.3 is 5.97 Å². The molecular weight excluding hydrogens is 535 g/mol. The fourth-order valence-electron chi connectivity index (χ4n) is 4.32. The van der Waals surface area contributed by atoms with E-state index in [1.807, 2.05) is 17.5 Å². The molecule has 7 nitrogen and oxygen atoms in total. The Labute approximate surface area is 228 Å². The average molecular weight is 561 g/mol. The molecule has 10 heteroatoms. The number of nitrogens with one attached hydrogen (secondary N) is 1. The zero-order valence-corrected chi connectivity index (χ0v) is 22.4. The largest absolute Gasteiger partial charge is 0.508 e. The fourth-order valence-corrected chi connectivity index (χ4v) is 5.76. The molecular formula is C27H26Cl2N2O5S. The monoisotopic (exact) mass is 560 g/mol. The normalized spacial score (nSPS) is 15.2. The van der Waals surface area contributed by atoms with E-state index in [2.05, 4.69) is 5.32 Å². The van der Waals surface area contributed by atoms with E-state index in [0.29, 0.717) is 47.1 Å². The number of phenols is 1. The van der Waals surface area contributed by atoms with E-state index in [1.165, 1.54) is 36.7 Å². The van der Waals surface area contributed by atoms with E-state index in [4.69, 9.17) is 27.9 Å². The summed E-state index contributed by atoms with van der Waals surface area (Å²) in [6, 6.07) is 9.60. The van der Waals surface area contributed by atoms with E-state index in [9.17, 15) is 19.5 Å². The van der Waals surface area contributed by atoms with Crippen molar-refractivity contribution in [3.8, 4) is 5.75 Å². The van der Waals surface area contributed by atoms with Crippen molar-refractivity contribution in [3.05, 3.63) is 69.0 Å². The van der Waals surface area contributed by atoms with Crippen LogP contribution in [0.2, 0.25) is 10.0 Å². The molecule has 0 aliphatic carbocycles. The summed E-state index contributed by atoms with van der Waals surface area (Å²) >= 11 is 14.3. The number of piperidine rings is 1. The lowest BCUT2D eigenvalue weighted by Gasteiger charge is -2.31. The lowest BCUT2D eigenvalue weighted by atomic mass is 9.94. The van der Waals surface area contributed by atoms with Crippen LogP contribution >= 0.6 is 34.5 Å². The molecule has 2 N–H and O–H groups in total. The van der Waals surface area contributed by atoms with E-state index in [-0.39, 0.29) is 29.9 Å². The van der Waals surface area contributed by atoms with Crippen molar-refractivity contribution >= 4 is 68.5 Å². The van der Waals surface area contributed by atoms with Gasteiger partial charge in [-0.2, -0.15) is 0 Å². The molecule has 1 aliphatic rings. The molecule has 194 valence electrons. The fraction of sp³-hybridized carbons (Fsp3) is 0.296. The van der Waals surface area contributed by atoms with Crippen LogP contribution in [0.1, 0.15) is 36.4 Å². The number of rotatable bonds is 7. The van der Waals surface area contributed by atoms with Gasteiger partial charge < -0.3 is 20.1 Å². The summed E-state index contributed by atoms with van der Waals surface area (Å²) in [6.07, 6.45) is 4.12. The van der Waals surface area contributed by atoms with Gasteiger partial charge in [0, 0.05) is 25.1 Å². The second-order valence-corrected chi connectivity index (χ2v) is 10.5. The number of benzene rings is 2. The molecule has 1 unspecified atom stereocenters. The molecule has 3 aromatic rings. The first-order valence-corrected chi connectivity index (χ1v) is 13.4. The van der Waals surface area contributed by atoms with Gasteiger partial charge in [-0.1, -0.05) is 35.3 Å². The third-order valence-corrected chi connectivity index (χ3v) is 8.39. The van der Waals surface area contributed by atoms with Crippen molar-refractivity contribution in [1.82, 2.24) is 10.2 Å². The van der Waals surface area contributed by atoms with Gasteiger partial charge in [-0.15, -0.1) is 11.3 Å². The number of thiophene rings is 1. The van der Waals surface area contributed by atoms with Crippen molar-refractivity contribution in [1.29, 1.82) is 0 Å². The van der Waals surface area contributed by atoms with Gasteiger partial charge in [0.2, 0.25) is 11.8 Å². The average Bonchev–Trinajstić information content (AvgIpc) is 3.38. The number of halogens is 2. The highest BCUT2D eigenvalue weighted by Gasteiger charge is 2.29. The van der Waals surface area contributed by atoms with Crippen molar-refractivity contribution in [3.63, 3.8) is 0 Å². The van der Waals surface area contributed by atoms with Gasteiger partial charge in [0.25, 0.3) is 0 Å². The van der Waals surface area contributed by atoms with Crippen LogP contribution in [0.3, 0.4) is 0 Å². The second-order valence-electron chi connectivity index (χ2n) is 8.80. The summed E-state index contributed by atoms with van der Waals surface area (Å²) in [5, 5.41) is 16.3. The summed E-state index contributed by atoms with van der Waals surface area (Å²) in [5.74, 6) is -1.00. The van der Waals surface area contributed by atoms with Crippen LogP contribution in [0.5, 0.6) is 5.75 Å². The number of carbonyl (C=O) groups excluding carboxylic acids is 3. The Morgan fingerprint density at radius 2 is 1.86 bits per heavy atom. The highest BCUT2D eigenvalue weighted by Crippen LogP contribution is 2.37. The first-order valence-electron chi connectivity index (χ1n) is 11.7. The molecule has 1 aliphatic heterocycles. The van der Waals surface area contributed by atoms with E-state index < -0.39 is 12.0 Å². The highest BCUT2D eigenvalue weighted by atomic mass is 35.5. The molecule has 1 aromatic heterocycles. The van der Waals surface area contributed by atoms with Crippen LogP contribution in [0.25, 0.3) is 16.2 Å². The number of fused-ring (bicyclic) bond motifs is 1. The Morgan fingerprint density at radius 1 is 1.16 bits per heavy atom. The summed E-state index contributed by atoms with van der Waals surface area (Å²) in [5.41, 5.74) is 1.36. The number of hydrogen-bond donors (Lipinski definition) is 2. The number of esters is 1. The zero-order valence-electron chi connectivity index (χ0n) is 20.1. The minimum Gasteiger partial charge on any atom is -0.508 e. The number of amides is 2. The molecule has 0 bridgehead atoms. The van der Waals surface area contributed by atoms with E-state index >= 15 is 0 Å². The van der Waals surface area contributed by atoms with Crippen LogP contribution in [-0.4, -0.2) is 48.0 Å². The van der Waals surface area contributed by atoms with Gasteiger partial charge in [0.05, 0.1) is 34.3 Å². The number of methoxy groups -OCH3 is 1. The molecule has 0 spiro atoms. The first kappa shape index (κ1) is 27.0. The van der Waals surface area contributed by atoms with Gasteiger partial charge in [0.15, 0.2) is 0 Å². The van der Waals surface area contributed by atoms with Crippen molar-refractivity contribution in [2.45, 2.75) is 25.3 Å². The quantitative estimate of drug-likeness (QED) is 0.290. The maximum absolute atomic E-state index is 13.0. The zero-order chi connectivity index (χ0) is 26.5. The summed E-state index contributed by atoms with van der Waals surface area (Å²) in [7, 11) is 1.29. The molecule has 0 radical (unpaired) electrons. The predicted molar refractivity (Wildman–Crippen MR) is 146 cm³/mol. The Balaban J connectivity index is 1.35. The summed E-state index contributed by atoms with van der Waals surface area (Å²) in [4.78, 5) is 39.4. The minimum atomic E-state index is -0.583. The Kier molecular flexibility index (Phi) is 8.74. The van der Waals surface area contributed by atoms with Gasteiger partial charge in [-0.05, 0) is 65.1 Å². The Morgan fingerprint density at radius 3 is 2.54 bits per heavy atom. The standard InChI is InChI=1S/C27H26Cl2N2O5S/c1-36-23(34)15-21(16-2-5-20(32)6-3-16)30-27(35)17-8-11-31(12-9-17)22(33)7-4-18-14-19-10-13-37-26(19)25(29)24(18)28/h2-7,10,13-14,17,21,32H,8-9,11-12,15H2,1H3,(H,30,35)/b7-4+. The van der Waals surface area contributed by atoms with Gasteiger partial charge in [-0.25, -0.2) is 0 Å². The maximum atomic E-state index is 13.0. The van der Waals surface area contributed by atoms with E-state index in [0.717, 1.165) is 10.1 Å². The lowest BCUT2D eigenvalue weighted by Crippen LogP contribution is -2.43. The number of aromatic hydroxyl groups is 1. The van der Waals surface area contributed by atoms with Gasteiger partial charge in [0.1, 0.15) is 5.75 Å². The highest BCUT2D eigenvalue weighted by molar-refractivity contribution is 7.18. The Hall–Kier alpha value is -3.07. The molecule has 4 rings (SSSR count). The third kappa shape index (κ3) is 6.44. The predicted octanol–water partition coefficient (Wildman–Crippen LogP) is 5.59. The molecule has 37 heavy (non-hydrogen) atoms. The summed E-state index contributed by atoms with van der Waals surface area (Å²) < 4.78 is 5.69.